The summed E-state index contributed by atoms with van der Waals surface area (Å²) >= 11 is 21.7. The van der Waals surface area contributed by atoms with Crippen LogP contribution in [-0.4, -0.2) is 34.9 Å². The van der Waals surface area contributed by atoms with Gasteiger partial charge in [0.05, 0.1) is 4.47 Å². The molecule has 0 aliphatic heterocycles. The molecule has 0 fully saturated rings. The maximum absolute atomic E-state index is 13.3. The van der Waals surface area contributed by atoms with Crippen LogP contribution in [0, 0.1) is 0 Å². The van der Waals surface area contributed by atoms with Crippen molar-refractivity contribution in [2.75, 3.05) is 6.61 Å². The Hall–Kier alpha value is -1.47. The summed E-state index contributed by atoms with van der Waals surface area (Å²) < 4.78 is 6.34. The van der Waals surface area contributed by atoms with Crippen molar-refractivity contribution in [1.82, 2.24) is 10.2 Å². The van der Waals surface area contributed by atoms with Crippen LogP contribution in [0.1, 0.15) is 39.7 Å². The van der Waals surface area contributed by atoms with Crippen molar-refractivity contribution in [3.8, 4) is 5.75 Å². The Morgan fingerprint density at radius 2 is 1.72 bits per heavy atom. The van der Waals surface area contributed by atoms with Crippen LogP contribution in [0.25, 0.3) is 0 Å². The van der Waals surface area contributed by atoms with Crippen LogP contribution in [0.15, 0.2) is 40.9 Å². The van der Waals surface area contributed by atoms with E-state index in [1.807, 2.05) is 27.7 Å². The molecule has 0 radical (unpaired) electrons. The normalized spacial score (nSPS) is 12.2. The second kappa shape index (κ2) is 11.6. The first-order valence-corrected chi connectivity index (χ1v) is 12.0. The Bertz CT molecular complexity index is 979. The predicted octanol–water partition coefficient (Wildman–Crippen LogP) is 6.51. The quantitative estimate of drug-likeness (QED) is 0.398. The summed E-state index contributed by atoms with van der Waals surface area (Å²) in [7, 11) is 0. The minimum atomic E-state index is -0.703. The first-order valence-electron chi connectivity index (χ1n) is 10.0. The summed E-state index contributed by atoms with van der Waals surface area (Å²) in [5.41, 5.74) is 0.237. The Morgan fingerprint density at radius 1 is 1.09 bits per heavy atom. The molecule has 174 valence electrons. The van der Waals surface area contributed by atoms with Gasteiger partial charge < -0.3 is 15.0 Å². The van der Waals surface area contributed by atoms with Gasteiger partial charge in [-0.05, 0) is 79.0 Å². The van der Waals surface area contributed by atoms with Crippen molar-refractivity contribution in [1.29, 1.82) is 0 Å². The van der Waals surface area contributed by atoms with Gasteiger partial charge in [0, 0.05) is 27.2 Å². The third kappa shape index (κ3) is 7.84. The highest BCUT2D eigenvalue weighted by molar-refractivity contribution is 9.10. The van der Waals surface area contributed by atoms with Gasteiger partial charge in [0.1, 0.15) is 11.8 Å². The monoisotopic (exact) mass is 562 g/mol. The Kier molecular flexibility index (Phi) is 9.70. The van der Waals surface area contributed by atoms with Crippen LogP contribution in [0.4, 0.5) is 0 Å². The Balaban J connectivity index is 2.30. The molecule has 2 amide bonds. The fourth-order valence-electron chi connectivity index (χ4n) is 3.02. The van der Waals surface area contributed by atoms with Gasteiger partial charge in [0.25, 0.3) is 5.91 Å². The summed E-state index contributed by atoms with van der Waals surface area (Å²) in [5, 5.41) is 4.41. The summed E-state index contributed by atoms with van der Waals surface area (Å²) in [6.07, 6.45) is 0.420. The second-order valence-corrected chi connectivity index (χ2v) is 10.4. The van der Waals surface area contributed by atoms with Gasteiger partial charge in [-0.2, -0.15) is 0 Å². The zero-order valence-electron chi connectivity index (χ0n) is 18.3. The van der Waals surface area contributed by atoms with Crippen molar-refractivity contribution >= 4 is 62.5 Å². The van der Waals surface area contributed by atoms with E-state index in [1.165, 1.54) is 4.90 Å². The maximum Gasteiger partial charge on any atom is 0.261 e. The van der Waals surface area contributed by atoms with Crippen molar-refractivity contribution in [2.45, 2.75) is 52.2 Å². The predicted molar refractivity (Wildman–Crippen MR) is 134 cm³/mol. The molecule has 2 aromatic carbocycles. The van der Waals surface area contributed by atoms with Crippen LogP contribution in [0.5, 0.6) is 5.75 Å². The molecule has 0 aliphatic rings. The SMILES string of the molecule is CC[C@H](C(=O)NC(C)(C)C)N(Cc1ccc(Cl)cc1Cl)C(=O)COc1ccc(Cl)cc1Br. The molecule has 32 heavy (non-hydrogen) atoms. The molecule has 0 unspecified atom stereocenters. The molecule has 0 bridgehead atoms. The van der Waals surface area contributed by atoms with E-state index in [0.717, 1.165) is 0 Å². The lowest BCUT2D eigenvalue weighted by molar-refractivity contribution is -0.143. The van der Waals surface area contributed by atoms with Crippen molar-refractivity contribution < 1.29 is 14.3 Å². The smallest absolute Gasteiger partial charge is 0.261 e. The van der Waals surface area contributed by atoms with Gasteiger partial charge in [-0.3, -0.25) is 9.59 Å². The number of carbonyl (C=O) groups is 2. The van der Waals surface area contributed by atoms with E-state index < -0.39 is 11.6 Å². The topological polar surface area (TPSA) is 58.6 Å². The lowest BCUT2D eigenvalue weighted by atomic mass is 10.1. The van der Waals surface area contributed by atoms with Crippen LogP contribution in [0.3, 0.4) is 0 Å². The van der Waals surface area contributed by atoms with Gasteiger partial charge >= 0.3 is 0 Å². The Labute approximate surface area is 212 Å². The number of amides is 2. The van der Waals surface area contributed by atoms with Crippen LogP contribution in [-0.2, 0) is 16.1 Å². The molecular weight excluding hydrogens is 539 g/mol. The van der Waals surface area contributed by atoms with E-state index in [0.29, 0.717) is 37.3 Å². The standard InChI is InChI=1S/C23H26BrCl3N2O3/c1-5-19(22(31)28-23(2,3)4)29(12-14-6-7-16(26)11-18(14)27)21(30)13-32-20-9-8-15(25)10-17(20)24/h6-11,19H,5,12-13H2,1-4H3,(H,28,31)/t19-/m1/s1. The van der Waals surface area contributed by atoms with Gasteiger partial charge in [-0.15, -0.1) is 0 Å². The molecule has 0 saturated heterocycles. The average Bonchev–Trinajstić information content (AvgIpc) is 2.67. The van der Waals surface area contributed by atoms with E-state index in [1.54, 1.807) is 36.4 Å². The molecule has 2 aromatic rings. The lowest BCUT2D eigenvalue weighted by Crippen LogP contribution is -2.54. The van der Waals surface area contributed by atoms with Crippen LogP contribution >= 0.6 is 50.7 Å². The van der Waals surface area contributed by atoms with E-state index in [-0.39, 0.29) is 25.0 Å². The number of halogens is 4. The number of ether oxygens (including phenoxy) is 1. The third-order valence-corrected chi connectivity index (χ3v) is 5.93. The molecule has 2 rings (SSSR count). The molecule has 0 saturated carbocycles. The third-order valence-electron chi connectivity index (χ3n) is 4.48. The van der Waals surface area contributed by atoms with E-state index in [9.17, 15) is 9.59 Å². The second-order valence-electron chi connectivity index (χ2n) is 8.28. The summed E-state index contributed by atoms with van der Waals surface area (Å²) in [6.45, 7) is 7.40. The number of carbonyl (C=O) groups excluding carboxylic acids is 2. The van der Waals surface area contributed by atoms with Gasteiger partial charge in [0.2, 0.25) is 5.91 Å². The fraction of sp³-hybridized carbons (Fsp3) is 0.391. The maximum atomic E-state index is 13.3. The number of rotatable bonds is 8. The average molecular weight is 565 g/mol. The molecule has 0 spiro atoms. The molecule has 0 heterocycles. The highest BCUT2D eigenvalue weighted by Gasteiger charge is 2.31. The van der Waals surface area contributed by atoms with Crippen LogP contribution < -0.4 is 10.1 Å². The molecule has 1 atom stereocenters. The number of nitrogens with one attached hydrogen (secondary N) is 1. The highest BCUT2D eigenvalue weighted by Crippen LogP contribution is 2.28. The first-order chi connectivity index (χ1) is 14.9. The Morgan fingerprint density at radius 3 is 2.28 bits per heavy atom. The van der Waals surface area contributed by atoms with Crippen molar-refractivity contribution in [3.63, 3.8) is 0 Å². The van der Waals surface area contributed by atoms with E-state index >= 15 is 0 Å². The van der Waals surface area contributed by atoms with Gasteiger partial charge in [-0.25, -0.2) is 0 Å². The number of nitrogens with zero attached hydrogens (tertiary/aromatic N) is 1. The number of hydrogen-bond donors (Lipinski definition) is 1. The molecular formula is C23H26BrCl3N2O3. The van der Waals surface area contributed by atoms with Gasteiger partial charge in [0.15, 0.2) is 6.61 Å². The summed E-state index contributed by atoms with van der Waals surface area (Å²) in [6, 6.07) is 9.37. The fourth-order valence-corrected chi connectivity index (χ4v) is 4.29. The van der Waals surface area contributed by atoms with Gasteiger partial charge in [-0.1, -0.05) is 47.8 Å². The number of hydrogen-bond acceptors (Lipinski definition) is 3. The zero-order valence-corrected chi connectivity index (χ0v) is 22.2. The van der Waals surface area contributed by atoms with Crippen LogP contribution in [0.2, 0.25) is 15.1 Å². The first kappa shape index (κ1) is 26.8. The van der Waals surface area contributed by atoms with Crippen molar-refractivity contribution in [2.24, 2.45) is 0 Å². The highest BCUT2D eigenvalue weighted by atomic mass is 79.9. The molecule has 9 heteroatoms. The minimum absolute atomic E-state index is 0.135. The molecule has 0 aliphatic carbocycles. The summed E-state index contributed by atoms with van der Waals surface area (Å²) in [5.74, 6) is -0.126. The molecule has 5 nitrogen and oxygen atoms in total. The minimum Gasteiger partial charge on any atom is -0.483 e. The zero-order chi connectivity index (χ0) is 24.1. The number of benzene rings is 2. The van der Waals surface area contributed by atoms with Crippen molar-refractivity contribution in [3.05, 3.63) is 61.5 Å². The van der Waals surface area contributed by atoms with E-state index in [4.69, 9.17) is 39.5 Å². The van der Waals surface area contributed by atoms with E-state index in [2.05, 4.69) is 21.2 Å². The summed E-state index contributed by atoms with van der Waals surface area (Å²) in [4.78, 5) is 27.8. The molecule has 1 N–H and O–H groups in total. The largest absolute Gasteiger partial charge is 0.483 e. The molecule has 0 aromatic heterocycles. The lowest BCUT2D eigenvalue weighted by Gasteiger charge is -2.33.